The molecule has 0 radical (unpaired) electrons. The average Bonchev–Trinajstić information content (AvgIpc) is 2.74. The summed E-state index contributed by atoms with van der Waals surface area (Å²) in [6.07, 6.45) is 1.08. The fourth-order valence-corrected chi connectivity index (χ4v) is 2.66. The van der Waals surface area contributed by atoms with Gasteiger partial charge in [-0.1, -0.05) is 22.9 Å². The highest BCUT2D eigenvalue weighted by molar-refractivity contribution is 9.09. The highest BCUT2D eigenvalue weighted by Gasteiger charge is 2.25. The summed E-state index contributed by atoms with van der Waals surface area (Å²) in [7, 11) is 0. The predicted octanol–water partition coefficient (Wildman–Crippen LogP) is 1.03. The Bertz CT molecular complexity index is 621. The van der Waals surface area contributed by atoms with E-state index in [-0.39, 0.29) is 5.69 Å². The lowest BCUT2D eigenvalue weighted by Gasteiger charge is -2.34. The summed E-state index contributed by atoms with van der Waals surface area (Å²) in [5.41, 5.74) is 0.252. The van der Waals surface area contributed by atoms with E-state index in [4.69, 9.17) is 0 Å². The Morgan fingerprint density at radius 1 is 1.50 bits per heavy atom. The fourth-order valence-electron chi connectivity index (χ4n) is 2.29. The zero-order valence-electron chi connectivity index (χ0n) is 10.0. The van der Waals surface area contributed by atoms with Gasteiger partial charge in [-0.25, -0.2) is 9.89 Å². The molecular weight excluding hydrogens is 298 g/mol. The van der Waals surface area contributed by atoms with Gasteiger partial charge in [-0.05, 0) is 24.5 Å². The Morgan fingerprint density at radius 3 is 3.11 bits per heavy atom. The molecule has 1 fully saturated rings. The molecule has 1 aliphatic rings. The zero-order chi connectivity index (χ0) is 12.7. The van der Waals surface area contributed by atoms with Crippen LogP contribution in [0, 0.1) is 5.92 Å². The van der Waals surface area contributed by atoms with Gasteiger partial charge in [0.2, 0.25) is 0 Å². The van der Waals surface area contributed by atoms with Crippen LogP contribution in [0.4, 0.5) is 5.82 Å². The lowest BCUT2D eigenvalue weighted by Crippen LogP contribution is -2.40. The second kappa shape index (κ2) is 4.38. The van der Waals surface area contributed by atoms with Gasteiger partial charge < -0.3 is 4.90 Å². The Labute approximate surface area is 112 Å². The van der Waals surface area contributed by atoms with Crippen LogP contribution >= 0.6 is 15.9 Å². The number of piperidine rings is 1. The van der Waals surface area contributed by atoms with E-state index in [1.807, 2.05) is 12.1 Å². The zero-order valence-corrected chi connectivity index (χ0v) is 11.6. The third kappa shape index (κ3) is 1.92. The van der Waals surface area contributed by atoms with Crippen molar-refractivity contribution >= 4 is 27.4 Å². The van der Waals surface area contributed by atoms with Gasteiger partial charge in [0.25, 0.3) is 0 Å². The Kier molecular flexibility index (Phi) is 2.85. The van der Waals surface area contributed by atoms with Crippen LogP contribution < -0.4 is 10.6 Å². The van der Waals surface area contributed by atoms with Crippen LogP contribution in [0.2, 0.25) is 0 Å². The molecule has 2 unspecified atom stereocenters. The van der Waals surface area contributed by atoms with E-state index in [2.05, 4.69) is 43.0 Å². The molecule has 1 saturated heterocycles. The molecule has 3 rings (SSSR count). The SMILES string of the molecule is CC1CN(c2ccc3n[nH]c(=O)n3n2)CCC1Br. The lowest BCUT2D eigenvalue weighted by molar-refractivity contribution is 0.462. The summed E-state index contributed by atoms with van der Waals surface area (Å²) < 4.78 is 1.31. The van der Waals surface area contributed by atoms with E-state index >= 15 is 0 Å². The summed E-state index contributed by atoms with van der Waals surface area (Å²) in [6.45, 7) is 4.11. The molecule has 0 aromatic carbocycles. The molecule has 1 aliphatic heterocycles. The van der Waals surface area contributed by atoms with Crippen molar-refractivity contribution in [1.82, 2.24) is 19.8 Å². The molecule has 7 heteroatoms. The first-order valence-electron chi connectivity index (χ1n) is 5.98. The number of aromatic amines is 1. The van der Waals surface area contributed by atoms with Crippen molar-refractivity contribution in [2.24, 2.45) is 5.92 Å². The van der Waals surface area contributed by atoms with Crippen molar-refractivity contribution in [3.8, 4) is 0 Å². The number of halogens is 1. The number of nitrogens with zero attached hydrogens (tertiary/aromatic N) is 4. The molecule has 0 spiro atoms. The summed E-state index contributed by atoms with van der Waals surface area (Å²) in [5.74, 6) is 1.40. The molecule has 0 bridgehead atoms. The van der Waals surface area contributed by atoms with Gasteiger partial charge in [0.05, 0.1) is 0 Å². The molecule has 2 aromatic heterocycles. The van der Waals surface area contributed by atoms with Gasteiger partial charge in [0, 0.05) is 17.9 Å². The number of alkyl halides is 1. The van der Waals surface area contributed by atoms with Crippen molar-refractivity contribution in [3.63, 3.8) is 0 Å². The van der Waals surface area contributed by atoms with E-state index in [0.29, 0.717) is 16.4 Å². The first-order valence-corrected chi connectivity index (χ1v) is 6.90. The average molecular weight is 312 g/mol. The number of nitrogens with one attached hydrogen (secondary N) is 1. The minimum Gasteiger partial charge on any atom is -0.355 e. The molecule has 18 heavy (non-hydrogen) atoms. The Balaban J connectivity index is 1.94. The topological polar surface area (TPSA) is 66.3 Å². The van der Waals surface area contributed by atoms with Gasteiger partial charge in [0.15, 0.2) is 5.65 Å². The van der Waals surface area contributed by atoms with Crippen LogP contribution in [-0.4, -0.2) is 37.7 Å². The predicted molar refractivity (Wildman–Crippen MR) is 72.3 cm³/mol. The highest BCUT2D eigenvalue weighted by Crippen LogP contribution is 2.26. The van der Waals surface area contributed by atoms with E-state index in [1.54, 1.807) is 0 Å². The normalized spacial score (nSPS) is 24.7. The number of hydrogen-bond acceptors (Lipinski definition) is 4. The van der Waals surface area contributed by atoms with Gasteiger partial charge in [-0.3, -0.25) is 0 Å². The monoisotopic (exact) mass is 311 g/mol. The second-order valence-corrected chi connectivity index (χ2v) is 5.89. The number of rotatable bonds is 1. The third-order valence-electron chi connectivity index (χ3n) is 3.38. The highest BCUT2D eigenvalue weighted by atomic mass is 79.9. The smallest absolute Gasteiger partial charge is 0.355 e. The van der Waals surface area contributed by atoms with Crippen LogP contribution in [0.3, 0.4) is 0 Å². The van der Waals surface area contributed by atoms with Gasteiger partial charge in [0.1, 0.15) is 5.82 Å². The van der Waals surface area contributed by atoms with Crippen LogP contribution in [-0.2, 0) is 0 Å². The number of hydrogen-bond donors (Lipinski definition) is 1. The summed E-state index contributed by atoms with van der Waals surface area (Å²) in [6, 6.07) is 3.72. The molecule has 0 amide bonds. The van der Waals surface area contributed by atoms with Crippen molar-refractivity contribution in [2.45, 2.75) is 18.2 Å². The van der Waals surface area contributed by atoms with E-state index in [9.17, 15) is 4.79 Å². The van der Waals surface area contributed by atoms with Crippen LogP contribution in [0.1, 0.15) is 13.3 Å². The first kappa shape index (κ1) is 11.7. The molecular formula is C11H14BrN5O. The maximum Gasteiger partial charge on any atom is 0.364 e. The van der Waals surface area contributed by atoms with Crippen LogP contribution in [0.15, 0.2) is 16.9 Å². The molecule has 2 aromatic rings. The first-order chi connectivity index (χ1) is 8.65. The van der Waals surface area contributed by atoms with Crippen LogP contribution in [0.5, 0.6) is 0 Å². The molecule has 0 saturated carbocycles. The van der Waals surface area contributed by atoms with E-state index < -0.39 is 0 Å². The Morgan fingerprint density at radius 2 is 2.33 bits per heavy atom. The van der Waals surface area contributed by atoms with Gasteiger partial charge >= 0.3 is 5.69 Å². The number of aromatic nitrogens is 4. The quantitative estimate of drug-likeness (QED) is 0.799. The summed E-state index contributed by atoms with van der Waals surface area (Å²) >= 11 is 3.68. The number of anilines is 1. The maximum atomic E-state index is 11.5. The number of fused-ring (bicyclic) bond motifs is 1. The van der Waals surface area contributed by atoms with Gasteiger partial charge in [-0.15, -0.1) is 5.10 Å². The Hall–Kier alpha value is -1.37. The lowest BCUT2D eigenvalue weighted by atomic mass is 10.0. The summed E-state index contributed by atoms with van der Waals surface area (Å²) in [4.78, 5) is 14.3. The van der Waals surface area contributed by atoms with Gasteiger partial charge in [-0.2, -0.15) is 9.61 Å². The van der Waals surface area contributed by atoms with Crippen molar-refractivity contribution < 1.29 is 0 Å². The number of H-pyrrole nitrogens is 1. The molecule has 3 heterocycles. The van der Waals surface area contributed by atoms with Crippen molar-refractivity contribution in [2.75, 3.05) is 18.0 Å². The fraction of sp³-hybridized carbons (Fsp3) is 0.545. The maximum absolute atomic E-state index is 11.5. The molecule has 0 aliphatic carbocycles. The molecule has 6 nitrogen and oxygen atoms in total. The largest absolute Gasteiger partial charge is 0.364 e. The summed E-state index contributed by atoms with van der Waals surface area (Å²) in [5, 5.41) is 10.6. The molecule has 96 valence electrons. The molecule has 2 atom stereocenters. The minimum absolute atomic E-state index is 0.296. The third-order valence-corrected chi connectivity index (χ3v) is 4.74. The van der Waals surface area contributed by atoms with Crippen molar-refractivity contribution in [1.29, 1.82) is 0 Å². The van der Waals surface area contributed by atoms with E-state index in [1.165, 1.54) is 4.52 Å². The van der Waals surface area contributed by atoms with Crippen LogP contribution in [0.25, 0.3) is 5.65 Å². The van der Waals surface area contributed by atoms with Crippen molar-refractivity contribution in [3.05, 3.63) is 22.6 Å². The molecule has 1 N–H and O–H groups in total. The van der Waals surface area contributed by atoms with E-state index in [0.717, 1.165) is 25.3 Å². The standard InChI is InChI=1S/C11H14BrN5O/c1-7-6-16(5-4-8(7)12)10-3-2-9-13-14-11(18)17(9)15-10/h2-3,7-8H,4-6H2,1H3,(H,14,18). The minimum atomic E-state index is -0.296. The second-order valence-electron chi connectivity index (χ2n) is 4.72.